The van der Waals surface area contributed by atoms with Crippen LogP contribution in [0.3, 0.4) is 0 Å². The number of rotatable bonds is 1. The summed E-state index contributed by atoms with van der Waals surface area (Å²) in [5, 5.41) is 21.2. The number of aliphatic hydroxyl groups is 1. The molecule has 3 aliphatic rings. The zero-order valence-corrected chi connectivity index (χ0v) is 16.9. The second kappa shape index (κ2) is 6.14. The van der Waals surface area contributed by atoms with Crippen LogP contribution in [0.2, 0.25) is 0 Å². The zero-order chi connectivity index (χ0) is 17.8. The summed E-state index contributed by atoms with van der Waals surface area (Å²) >= 11 is 2.04. The summed E-state index contributed by atoms with van der Waals surface area (Å²) in [4.78, 5) is 0. The Morgan fingerprint density at radius 2 is 2.12 bits per heavy atom. The van der Waals surface area contributed by atoms with Gasteiger partial charge in [0.25, 0.3) is 0 Å². The van der Waals surface area contributed by atoms with Crippen LogP contribution in [0.15, 0.2) is 18.2 Å². The Morgan fingerprint density at radius 1 is 1.32 bits per heavy atom. The standard InChI is InChI=1S/C21H25IO3/c1-20-12-18(25-2)19-15-6-4-14(23)11-13(15)3-5-16(19)17(20)7-8-21(20,24)9-10-22/h4,6,11,16-19,23-24H,3,5,7-8,12H2,1-2H3/t16-,17-,18-,19+,20-,21?/m0/s1/i22-2. The van der Waals surface area contributed by atoms with Crippen LogP contribution in [-0.4, -0.2) is 29.0 Å². The largest absolute Gasteiger partial charge is 0.508 e. The third-order valence-corrected chi connectivity index (χ3v) is 7.64. The van der Waals surface area contributed by atoms with Crippen molar-refractivity contribution in [3.8, 4) is 15.6 Å². The number of benzene rings is 1. The second-order valence-electron chi connectivity index (χ2n) is 8.23. The fourth-order valence-electron chi connectivity index (χ4n) is 6.13. The normalized spacial score (nSPS) is 41.9. The Balaban J connectivity index is 1.79. The first-order chi connectivity index (χ1) is 11.9. The Kier molecular flexibility index (Phi) is 4.33. The predicted octanol–water partition coefficient (Wildman–Crippen LogP) is 4.00. The molecule has 0 spiro atoms. The topological polar surface area (TPSA) is 49.7 Å². The summed E-state index contributed by atoms with van der Waals surface area (Å²) < 4.78 is 8.91. The SMILES string of the molecule is CO[C@H]1C[C@@]2(C)[C@@H](CCC2(O)C#C[125I])[C@@H]2CCc3cc(O)ccc3[C@H]21. The fourth-order valence-corrected chi connectivity index (χ4v) is 6.58. The molecule has 2 fully saturated rings. The maximum atomic E-state index is 11.3. The van der Waals surface area contributed by atoms with Gasteiger partial charge < -0.3 is 14.9 Å². The molecule has 0 aliphatic heterocycles. The fraction of sp³-hybridized carbons (Fsp3) is 0.619. The van der Waals surface area contributed by atoms with Gasteiger partial charge in [-0.15, -0.1) is 0 Å². The van der Waals surface area contributed by atoms with Crippen LogP contribution >= 0.6 is 22.6 Å². The lowest BCUT2D eigenvalue weighted by atomic mass is 9.52. The molecule has 25 heavy (non-hydrogen) atoms. The molecule has 2 N–H and O–H groups in total. The molecular formula is C21H25IO3. The van der Waals surface area contributed by atoms with Gasteiger partial charge in [-0.2, -0.15) is 0 Å². The molecule has 6 atom stereocenters. The van der Waals surface area contributed by atoms with Crippen LogP contribution in [0, 0.1) is 27.1 Å². The molecule has 4 rings (SSSR count). The number of hydrogen-bond donors (Lipinski definition) is 2. The lowest BCUT2D eigenvalue weighted by Gasteiger charge is -2.54. The Morgan fingerprint density at radius 3 is 2.84 bits per heavy atom. The Hall–Kier alpha value is -0.770. The van der Waals surface area contributed by atoms with E-state index < -0.39 is 5.60 Å². The molecule has 0 saturated heterocycles. The Labute approximate surface area is 163 Å². The van der Waals surface area contributed by atoms with Crippen LogP contribution in [-0.2, 0) is 11.2 Å². The summed E-state index contributed by atoms with van der Waals surface area (Å²) in [5.41, 5.74) is 1.46. The van der Waals surface area contributed by atoms with Gasteiger partial charge in [-0.1, -0.05) is 18.9 Å². The average Bonchev–Trinajstić information content (AvgIpc) is 2.85. The molecule has 0 bridgehead atoms. The lowest BCUT2D eigenvalue weighted by molar-refractivity contribution is -0.116. The number of methoxy groups -OCH3 is 1. The van der Waals surface area contributed by atoms with Crippen LogP contribution in [0.1, 0.15) is 49.7 Å². The van der Waals surface area contributed by atoms with E-state index in [0.29, 0.717) is 23.5 Å². The first-order valence-electron chi connectivity index (χ1n) is 9.13. The molecule has 3 aliphatic carbocycles. The van der Waals surface area contributed by atoms with Crippen molar-refractivity contribution in [3.63, 3.8) is 0 Å². The molecule has 2 saturated carbocycles. The number of aromatic hydroxyl groups is 1. The van der Waals surface area contributed by atoms with Gasteiger partial charge in [-0.05, 0) is 71.1 Å². The summed E-state index contributed by atoms with van der Waals surface area (Å²) in [6, 6.07) is 5.80. The highest BCUT2D eigenvalue weighted by atomic mass is 125. The lowest BCUT2D eigenvalue weighted by Crippen LogP contribution is -2.54. The van der Waals surface area contributed by atoms with Crippen molar-refractivity contribution < 1.29 is 14.9 Å². The van der Waals surface area contributed by atoms with E-state index in [1.807, 2.05) is 28.7 Å². The van der Waals surface area contributed by atoms with E-state index in [1.165, 1.54) is 11.1 Å². The Bertz CT molecular complexity index is 751. The van der Waals surface area contributed by atoms with Gasteiger partial charge in [0.2, 0.25) is 0 Å². The third kappa shape index (κ3) is 2.46. The summed E-state index contributed by atoms with van der Waals surface area (Å²) in [6.07, 6.45) is 4.78. The minimum atomic E-state index is -0.907. The van der Waals surface area contributed by atoms with Gasteiger partial charge >= 0.3 is 0 Å². The van der Waals surface area contributed by atoms with Gasteiger partial charge in [0.05, 0.1) is 6.10 Å². The first-order valence-corrected chi connectivity index (χ1v) is 10.2. The maximum Gasteiger partial charge on any atom is 0.132 e. The smallest absolute Gasteiger partial charge is 0.132 e. The average molecular weight is 450 g/mol. The van der Waals surface area contributed by atoms with Gasteiger partial charge in [0.1, 0.15) is 11.4 Å². The zero-order valence-electron chi connectivity index (χ0n) is 14.8. The first kappa shape index (κ1) is 17.6. The number of phenols is 1. The number of ether oxygens (including phenoxy) is 1. The van der Waals surface area contributed by atoms with Crippen molar-refractivity contribution >= 4 is 22.6 Å². The van der Waals surface area contributed by atoms with E-state index in [2.05, 4.69) is 22.8 Å². The number of aryl methyl sites for hydroxylation is 1. The van der Waals surface area contributed by atoms with Crippen LogP contribution in [0.25, 0.3) is 0 Å². The summed E-state index contributed by atoms with van der Waals surface area (Å²) in [6.45, 7) is 2.22. The van der Waals surface area contributed by atoms with Crippen molar-refractivity contribution in [2.24, 2.45) is 17.3 Å². The molecular weight excluding hydrogens is 425 g/mol. The molecule has 1 unspecified atom stereocenters. The molecule has 1 aromatic rings. The van der Waals surface area contributed by atoms with Crippen molar-refractivity contribution in [2.75, 3.05) is 7.11 Å². The number of hydrogen-bond acceptors (Lipinski definition) is 3. The quantitative estimate of drug-likeness (QED) is 0.503. The highest BCUT2D eigenvalue weighted by Gasteiger charge is 2.63. The predicted molar refractivity (Wildman–Crippen MR) is 106 cm³/mol. The summed E-state index contributed by atoms with van der Waals surface area (Å²) in [5.74, 6) is 4.80. The van der Waals surface area contributed by atoms with Gasteiger partial charge in [-0.25, -0.2) is 0 Å². The van der Waals surface area contributed by atoms with E-state index in [9.17, 15) is 10.2 Å². The van der Waals surface area contributed by atoms with Crippen molar-refractivity contribution in [1.29, 1.82) is 0 Å². The van der Waals surface area contributed by atoms with Crippen LogP contribution in [0.4, 0.5) is 0 Å². The van der Waals surface area contributed by atoms with E-state index in [4.69, 9.17) is 4.74 Å². The van der Waals surface area contributed by atoms with Crippen molar-refractivity contribution in [2.45, 2.75) is 56.7 Å². The molecule has 0 amide bonds. The monoisotopic (exact) mass is 450 g/mol. The summed E-state index contributed by atoms with van der Waals surface area (Å²) in [7, 11) is 1.79. The molecule has 4 heteroatoms. The van der Waals surface area contributed by atoms with Gasteiger partial charge in [0, 0.05) is 41.0 Å². The van der Waals surface area contributed by atoms with Crippen LogP contribution < -0.4 is 0 Å². The van der Waals surface area contributed by atoms with E-state index >= 15 is 0 Å². The molecule has 3 nitrogen and oxygen atoms in total. The van der Waals surface area contributed by atoms with Crippen molar-refractivity contribution in [3.05, 3.63) is 29.3 Å². The van der Waals surface area contributed by atoms with Gasteiger partial charge in [-0.3, -0.25) is 0 Å². The minimum absolute atomic E-state index is 0.0791. The maximum absolute atomic E-state index is 11.3. The second-order valence-corrected chi connectivity index (χ2v) is 8.77. The molecule has 0 heterocycles. The van der Waals surface area contributed by atoms with Gasteiger partial charge in [0.15, 0.2) is 0 Å². The van der Waals surface area contributed by atoms with Crippen molar-refractivity contribution in [1.82, 2.24) is 0 Å². The third-order valence-electron chi connectivity index (χ3n) is 7.37. The highest BCUT2D eigenvalue weighted by Crippen LogP contribution is 2.64. The number of phenolic OH excluding ortho intramolecular Hbond substituents is 1. The molecule has 0 aromatic heterocycles. The number of fused-ring (bicyclic) bond motifs is 5. The molecule has 0 radical (unpaired) electrons. The van der Waals surface area contributed by atoms with E-state index in [1.54, 1.807) is 13.2 Å². The van der Waals surface area contributed by atoms with E-state index in [0.717, 1.165) is 32.1 Å². The molecule has 134 valence electrons. The van der Waals surface area contributed by atoms with E-state index in [-0.39, 0.29) is 11.5 Å². The highest BCUT2D eigenvalue weighted by molar-refractivity contribution is 14.1. The minimum Gasteiger partial charge on any atom is -0.508 e. The number of halogens is 1. The molecule has 1 aromatic carbocycles. The van der Waals surface area contributed by atoms with Crippen LogP contribution in [0.5, 0.6) is 5.75 Å².